The van der Waals surface area contributed by atoms with Gasteiger partial charge in [-0.05, 0) is 35.9 Å². The Morgan fingerprint density at radius 1 is 1.00 bits per heavy atom. The van der Waals surface area contributed by atoms with Gasteiger partial charge in [0.1, 0.15) is 5.75 Å². The summed E-state index contributed by atoms with van der Waals surface area (Å²) in [5, 5.41) is 1.00. The number of rotatable bonds is 3. The molecule has 0 aliphatic rings. The third-order valence-corrected chi connectivity index (χ3v) is 4.63. The van der Waals surface area contributed by atoms with Crippen molar-refractivity contribution in [3.8, 4) is 16.9 Å². The fraction of sp³-hybridized carbons (Fsp3) is 0.125. The van der Waals surface area contributed by atoms with Gasteiger partial charge in [-0.15, -0.1) is 0 Å². The number of hydrogen-bond acceptors (Lipinski definition) is 3. The molecule has 1 aromatic heterocycles. The minimum Gasteiger partial charge on any atom is -0.496 e. The highest BCUT2D eigenvalue weighted by Gasteiger charge is 2.11. The number of methoxy groups -OCH3 is 1. The van der Waals surface area contributed by atoms with Crippen LogP contribution in [0.2, 0.25) is 0 Å². The number of hydrogen-bond donors (Lipinski definition) is 1. The zero-order valence-electron chi connectivity index (χ0n) is 11.8. The number of fused-ring (bicyclic) bond motifs is 1. The summed E-state index contributed by atoms with van der Waals surface area (Å²) in [6.07, 6.45) is 3.07. The van der Waals surface area contributed by atoms with Crippen LogP contribution in [0.15, 0.2) is 53.6 Å². The molecule has 0 unspecified atom stereocenters. The van der Waals surface area contributed by atoms with E-state index in [1.807, 2.05) is 36.5 Å². The maximum Gasteiger partial charge on any atom is 0.175 e. The summed E-state index contributed by atoms with van der Waals surface area (Å²) < 4.78 is 28.4. The number of sulfone groups is 1. The molecule has 0 saturated carbocycles. The van der Waals surface area contributed by atoms with Crippen LogP contribution in [-0.4, -0.2) is 26.8 Å². The Bertz CT molecular complexity index is 893. The second kappa shape index (κ2) is 4.93. The molecule has 2 aromatic carbocycles. The van der Waals surface area contributed by atoms with Crippen molar-refractivity contribution >= 4 is 20.7 Å². The summed E-state index contributed by atoms with van der Waals surface area (Å²) >= 11 is 0. The summed E-state index contributed by atoms with van der Waals surface area (Å²) in [6.45, 7) is 0. The molecule has 21 heavy (non-hydrogen) atoms. The Hall–Kier alpha value is -2.27. The van der Waals surface area contributed by atoms with Crippen LogP contribution in [0.3, 0.4) is 0 Å². The lowest BCUT2D eigenvalue weighted by molar-refractivity contribution is 0.420. The van der Waals surface area contributed by atoms with Crippen LogP contribution in [0.25, 0.3) is 22.0 Å². The van der Waals surface area contributed by atoms with Gasteiger partial charge in [-0.25, -0.2) is 8.42 Å². The largest absolute Gasteiger partial charge is 0.496 e. The lowest BCUT2D eigenvalue weighted by Gasteiger charge is -2.08. The Morgan fingerprint density at radius 2 is 1.71 bits per heavy atom. The third kappa shape index (κ3) is 2.40. The molecular formula is C16H15NO3S. The van der Waals surface area contributed by atoms with Crippen molar-refractivity contribution in [2.45, 2.75) is 4.90 Å². The minimum atomic E-state index is -3.17. The number of nitrogens with one attached hydrogen (secondary N) is 1. The number of ether oxygens (including phenoxy) is 1. The van der Waals surface area contributed by atoms with Crippen LogP contribution in [0.4, 0.5) is 0 Å². The quantitative estimate of drug-likeness (QED) is 0.808. The van der Waals surface area contributed by atoms with E-state index in [2.05, 4.69) is 4.98 Å². The van der Waals surface area contributed by atoms with Crippen molar-refractivity contribution in [3.63, 3.8) is 0 Å². The summed E-state index contributed by atoms with van der Waals surface area (Å²) in [4.78, 5) is 3.53. The van der Waals surface area contributed by atoms with E-state index in [0.717, 1.165) is 27.8 Å². The van der Waals surface area contributed by atoms with Crippen LogP contribution in [0.5, 0.6) is 5.75 Å². The molecule has 0 aliphatic heterocycles. The zero-order chi connectivity index (χ0) is 15.0. The molecule has 0 aliphatic carbocycles. The van der Waals surface area contributed by atoms with Gasteiger partial charge in [0, 0.05) is 23.4 Å². The van der Waals surface area contributed by atoms with Crippen LogP contribution in [0.1, 0.15) is 0 Å². The van der Waals surface area contributed by atoms with Crippen LogP contribution in [-0.2, 0) is 9.84 Å². The van der Waals surface area contributed by atoms with E-state index in [1.54, 1.807) is 19.2 Å². The number of aromatic nitrogens is 1. The van der Waals surface area contributed by atoms with E-state index in [0.29, 0.717) is 4.90 Å². The molecule has 5 heteroatoms. The minimum absolute atomic E-state index is 0.322. The van der Waals surface area contributed by atoms with Crippen molar-refractivity contribution in [1.29, 1.82) is 0 Å². The lowest BCUT2D eigenvalue weighted by atomic mass is 10.0. The molecule has 1 heterocycles. The average molecular weight is 301 g/mol. The lowest BCUT2D eigenvalue weighted by Crippen LogP contribution is -1.96. The maximum absolute atomic E-state index is 11.5. The van der Waals surface area contributed by atoms with Gasteiger partial charge < -0.3 is 9.72 Å². The topological polar surface area (TPSA) is 59.2 Å². The molecular weight excluding hydrogens is 286 g/mol. The predicted molar refractivity (Wildman–Crippen MR) is 83.4 cm³/mol. The predicted octanol–water partition coefficient (Wildman–Crippen LogP) is 3.25. The van der Waals surface area contributed by atoms with E-state index in [4.69, 9.17) is 4.74 Å². The molecule has 1 N–H and O–H groups in total. The number of aromatic amines is 1. The van der Waals surface area contributed by atoms with Gasteiger partial charge >= 0.3 is 0 Å². The summed E-state index contributed by atoms with van der Waals surface area (Å²) in [5.41, 5.74) is 2.94. The Kier molecular flexibility index (Phi) is 3.22. The zero-order valence-corrected chi connectivity index (χ0v) is 12.6. The van der Waals surface area contributed by atoms with Crippen molar-refractivity contribution in [1.82, 2.24) is 4.98 Å². The molecule has 0 atom stereocenters. The summed E-state index contributed by atoms with van der Waals surface area (Å²) in [6, 6.07) is 12.7. The van der Waals surface area contributed by atoms with Gasteiger partial charge in [-0.2, -0.15) is 0 Å². The molecule has 3 aromatic rings. The van der Waals surface area contributed by atoms with E-state index >= 15 is 0 Å². The Balaban J connectivity index is 2.15. The molecule has 0 saturated heterocycles. The third-order valence-electron chi connectivity index (χ3n) is 3.50. The van der Waals surface area contributed by atoms with Gasteiger partial charge in [0.15, 0.2) is 9.84 Å². The van der Waals surface area contributed by atoms with Gasteiger partial charge in [0.2, 0.25) is 0 Å². The molecule has 0 amide bonds. The van der Waals surface area contributed by atoms with Crippen LogP contribution in [0, 0.1) is 0 Å². The highest BCUT2D eigenvalue weighted by atomic mass is 32.2. The van der Waals surface area contributed by atoms with Crippen molar-refractivity contribution < 1.29 is 13.2 Å². The monoisotopic (exact) mass is 301 g/mol. The highest BCUT2D eigenvalue weighted by molar-refractivity contribution is 7.90. The molecule has 0 fully saturated rings. The van der Waals surface area contributed by atoms with Crippen molar-refractivity contribution in [2.24, 2.45) is 0 Å². The molecule has 0 radical (unpaired) electrons. The van der Waals surface area contributed by atoms with Gasteiger partial charge in [-0.1, -0.05) is 12.1 Å². The molecule has 108 valence electrons. The normalized spacial score (nSPS) is 11.7. The first-order valence-electron chi connectivity index (χ1n) is 6.45. The second-order valence-corrected chi connectivity index (χ2v) is 6.89. The molecule has 4 nitrogen and oxygen atoms in total. The molecule has 3 rings (SSSR count). The number of benzene rings is 2. The molecule has 0 spiro atoms. The highest BCUT2D eigenvalue weighted by Crippen LogP contribution is 2.33. The van der Waals surface area contributed by atoms with Crippen molar-refractivity contribution in [2.75, 3.05) is 13.4 Å². The van der Waals surface area contributed by atoms with Gasteiger partial charge in [-0.3, -0.25) is 0 Å². The summed E-state index contributed by atoms with van der Waals surface area (Å²) in [7, 11) is -1.53. The fourth-order valence-electron chi connectivity index (χ4n) is 2.43. The smallest absolute Gasteiger partial charge is 0.175 e. The Labute approximate surface area is 123 Å². The molecule has 0 bridgehead atoms. The first-order valence-corrected chi connectivity index (χ1v) is 8.34. The van der Waals surface area contributed by atoms with Gasteiger partial charge in [0.25, 0.3) is 0 Å². The van der Waals surface area contributed by atoms with E-state index < -0.39 is 9.84 Å². The SMILES string of the molecule is COc1ccc(-c2ccc(S(C)(=O)=O)cc2)c2[nH]ccc12. The second-order valence-electron chi connectivity index (χ2n) is 4.88. The van der Waals surface area contributed by atoms with Crippen LogP contribution >= 0.6 is 0 Å². The summed E-state index contributed by atoms with van der Waals surface area (Å²) in [5.74, 6) is 0.808. The van der Waals surface area contributed by atoms with E-state index in [9.17, 15) is 8.42 Å². The fourth-order valence-corrected chi connectivity index (χ4v) is 3.06. The maximum atomic E-state index is 11.5. The van der Waals surface area contributed by atoms with Crippen LogP contribution < -0.4 is 4.74 Å². The van der Waals surface area contributed by atoms with Crippen molar-refractivity contribution in [3.05, 3.63) is 48.7 Å². The average Bonchev–Trinajstić information content (AvgIpc) is 2.95. The first-order chi connectivity index (χ1) is 10.0. The number of H-pyrrole nitrogens is 1. The van der Waals surface area contributed by atoms with E-state index in [1.165, 1.54) is 6.26 Å². The Morgan fingerprint density at radius 3 is 2.33 bits per heavy atom. The first kappa shape index (κ1) is 13.7. The standard InChI is InChI=1S/C16H15NO3S/c1-20-15-8-7-13(16-14(15)9-10-17-16)11-3-5-12(6-4-11)21(2,18)19/h3-10,17H,1-2H3. The van der Waals surface area contributed by atoms with E-state index in [-0.39, 0.29) is 0 Å². The van der Waals surface area contributed by atoms with Gasteiger partial charge in [0.05, 0.1) is 17.5 Å².